The van der Waals surface area contributed by atoms with Crippen molar-refractivity contribution >= 4 is 27.4 Å². The van der Waals surface area contributed by atoms with Crippen molar-refractivity contribution in [1.29, 1.82) is 0 Å². The average molecular weight is 285 g/mol. The van der Waals surface area contributed by atoms with Gasteiger partial charge in [0.15, 0.2) is 0 Å². The molecule has 0 saturated heterocycles. The molecule has 3 aromatic rings. The topological polar surface area (TPSA) is 59.4 Å². The van der Waals surface area contributed by atoms with Gasteiger partial charge < -0.3 is 9.84 Å². The first-order valence-electron chi connectivity index (χ1n) is 6.02. The minimum absolute atomic E-state index is 0.335. The van der Waals surface area contributed by atoms with E-state index in [2.05, 4.69) is 4.98 Å². The molecule has 0 spiro atoms. The van der Waals surface area contributed by atoms with Crippen LogP contribution in [0.2, 0.25) is 0 Å². The molecule has 0 amide bonds. The van der Waals surface area contributed by atoms with E-state index >= 15 is 0 Å². The zero-order valence-corrected chi connectivity index (χ0v) is 11.3. The normalized spacial score (nSPS) is 10.6. The van der Waals surface area contributed by atoms with E-state index in [1.807, 2.05) is 36.4 Å². The fourth-order valence-electron chi connectivity index (χ4n) is 1.85. The van der Waals surface area contributed by atoms with Gasteiger partial charge in [-0.05, 0) is 41.8 Å². The van der Waals surface area contributed by atoms with E-state index in [9.17, 15) is 4.79 Å². The third-order valence-corrected chi connectivity index (χ3v) is 3.90. The Labute approximate surface area is 119 Å². The summed E-state index contributed by atoms with van der Waals surface area (Å²) in [5, 5.41) is 9.89. The third-order valence-electron chi connectivity index (χ3n) is 2.82. The summed E-state index contributed by atoms with van der Waals surface area (Å²) in [5.41, 5.74) is 0.852. The largest absolute Gasteiger partial charge is 0.487 e. The third kappa shape index (κ3) is 2.62. The van der Waals surface area contributed by atoms with Crippen molar-refractivity contribution in [3.05, 3.63) is 59.2 Å². The highest BCUT2D eigenvalue weighted by Gasteiger charge is 2.09. The van der Waals surface area contributed by atoms with Crippen LogP contribution in [-0.2, 0) is 6.61 Å². The predicted molar refractivity (Wildman–Crippen MR) is 77.4 cm³/mol. The standard InChI is InChI=1S/C15H11NO3S/c17-15(18)14-7-10-4-5-12(8-13(10)20-14)19-9-11-3-1-2-6-16-11/h1-8H,9H2,(H,17,18). The number of rotatable bonds is 4. The molecule has 4 nitrogen and oxygen atoms in total. The Bertz CT molecular complexity index is 752. The number of ether oxygens (including phenoxy) is 1. The first kappa shape index (κ1) is 12.6. The van der Waals surface area contributed by atoms with Gasteiger partial charge in [-0.3, -0.25) is 4.98 Å². The van der Waals surface area contributed by atoms with Crippen molar-refractivity contribution in [1.82, 2.24) is 4.98 Å². The van der Waals surface area contributed by atoms with Crippen LogP contribution < -0.4 is 4.74 Å². The lowest BCUT2D eigenvalue weighted by atomic mass is 10.2. The van der Waals surface area contributed by atoms with Gasteiger partial charge in [-0.25, -0.2) is 4.79 Å². The summed E-state index contributed by atoms with van der Waals surface area (Å²) in [6.07, 6.45) is 1.72. The molecule has 20 heavy (non-hydrogen) atoms. The maximum Gasteiger partial charge on any atom is 0.345 e. The van der Waals surface area contributed by atoms with Gasteiger partial charge in [0.2, 0.25) is 0 Å². The average Bonchev–Trinajstić information content (AvgIpc) is 2.89. The molecule has 0 radical (unpaired) electrons. The van der Waals surface area contributed by atoms with Crippen molar-refractivity contribution in [2.45, 2.75) is 6.61 Å². The summed E-state index contributed by atoms with van der Waals surface area (Å²) < 4.78 is 6.57. The Morgan fingerprint density at radius 1 is 1.25 bits per heavy atom. The van der Waals surface area contributed by atoms with Crippen LogP contribution in [-0.4, -0.2) is 16.1 Å². The molecule has 0 atom stereocenters. The van der Waals surface area contributed by atoms with Gasteiger partial charge in [-0.15, -0.1) is 11.3 Å². The number of carboxylic acids is 1. The second kappa shape index (κ2) is 5.30. The zero-order valence-electron chi connectivity index (χ0n) is 10.4. The second-order valence-corrected chi connectivity index (χ2v) is 5.31. The van der Waals surface area contributed by atoms with Crippen LogP contribution in [0.3, 0.4) is 0 Å². The van der Waals surface area contributed by atoms with Gasteiger partial charge in [0.1, 0.15) is 17.2 Å². The van der Waals surface area contributed by atoms with Crippen molar-refractivity contribution in [3.8, 4) is 5.75 Å². The van der Waals surface area contributed by atoms with Crippen LogP contribution in [0, 0.1) is 0 Å². The summed E-state index contributed by atoms with van der Waals surface area (Å²) in [7, 11) is 0. The van der Waals surface area contributed by atoms with Crippen molar-refractivity contribution in [3.63, 3.8) is 0 Å². The zero-order chi connectivity index (χ0) is 13.9. The summed E-state index contributed by atoms with van der Waals surface area (Å²) in [4.78, 5) is 15.5. The number of hydrogen-bond donors (Lipinski definition) is 1. The molecule has 1 N–H and O–H groups in total. The Morgan fingerprint density at radius 3 is 2.90 bits per heavy atom. The predicted octanol–water partition coefficient (Wildman–Crippen LogP) is 3.57. The highest BCUT2D eigenvalue weighted by Crippen LogP contribution is 2.29. The molecule has 0 aliphatic carbocycles. The van der Waals surface area contributed by atoms with Gasteiger partial charge in [0, 0.05) is 10.9 Å². The summed E-state index contributed by atoms with van der Waals surface area (Å²) in [5.74, 6) is -0.191. The Balaban J connectivity index is 1.80. The monoisotopic (exact) mass is 285 g/mol. The molecular formula is C15H11NO3S. The molecule has 5 heteroatoms. The maximum atomic E-state index is 10.9. The second-order valence-electron chi connectivity index (χ2n) is 4.23. The number of carboxylic acid groups (broad SMARTS) is 1. The minimum Gasteiger partial charge on any atom is -0.487 e. The number of nitrogens with zero attached hydrogens (tertiary/aromatic N) is 1. The van der Waals surface area contributed by atoms with Gasteiger partial charge in [0.05, 0.1) is 5.69 Å². The number of thiophene rings is 1. The number of fused-ring (bicyclic) bond motifs is 1. The Morgan fingerprint density at radius 2 is 2.15 bits per heavy atom. The smallest absolute Gasteiger partial charge is 0.345 e. The fourth-order valence-corrected chi connectivity index (χ4v) is 2.78. The lowest BCUT2D eigenvalue weighted by Gasteiger charge is -2.05. The fraction of sp³-hybridized carbons (Fsp3) is 0.0667. The summed E-state index contributed by atoms with van der Waals surface area (Å²) >= 11 is 1.25. The Kier molecular flexibility index (Phi) is 3.35. The number of carbonyl (C=O) groups is 1. The quantitative estimate of drug-likeness (QED) is 0.796. The van der Waals surface area contributed by atoms with Gasteiger partial charge in [0.25, 0.3) is 0 Å². The SMILES string of the molecule is O=C(O)c1cc2ccc(OCc3ccccn3)cc2s1. The van der Waals surface area contributed by atoms with Crippen LogP contribution in [0.25, 0.3) is 10.1 Å². The van der Waals surface area contributed by atoms with E-state index in [0.717, 1.165) is 15.8 Å². The summed E-state index contributed by atoms with van der Waals surface area (Å²) in [6, 6.07) is 12.9. The highest BCUT2D eigenvalue weighted by molar-refractivity contribution is 7.20. The number of aromatic carboxylic acids is 1. The number of aromatic nitrogens is 1. The van der Waals surface area contributed by atoms with E-state index in [4.69, 9.17) is 9.84 Å². The number of pyridine rings is 1. The molecule has 2 heterocycles. The first-order chi connectivity index (χ1) is 9.72. The molecule has 0 fully saturated rings. The molecule has 0 aliphatic heterocycles. The molecular weight excluding hydrogens is 274 g/mol. The van der Waals surface area contributed by atoms with Crippen molar-refractivity contribution < 1.29 is 14.6 Å². The van der Waals surface area contributed by atoms with E-state index < -0.39 is 5.97 Å². The van der Waals surface area contributed by atoms with Crippen molar-refractivity contribution in [2.75, 3.05) is 0 Å². The van der Waals surface area contributed by atoms with E-state index in [1.54, 1.807) is 12.3 Å². The summed E-state index contributed by atoms with van der Waals surface area (Å²) in [6.45, 7) is 0.392. The number of benzene rings is 1. The van der Waals surface area contributed by atoms with Gasteiger partial charge >= 0.3 is 5.97 Å². The van der Waals surface area contributed by atoms with Crippen LogP contribution in [0.15, 0.2) is 48.7 Å². The van der Waals surface area contributed by atoms with Crippen LogP contribution in [0.5, 0.6) is 5.75 Å². The first-order valence-corrected chi connectivity index (χ1v) is 6.83. The molecule has 3 rings (SSSR count). The molecule has 1 aromatic carbocycles. The Hall–Kier alpha value is -2.40. The molecule has 2 aromatic heterocycles. The minimum atomic E-state index is -0.901. The van der Waals surface area contributed by atoms with E-state index in [-0.39, 0.29) is 0 Å². The number of hydrogen-bond acceptors (Lipinski definition) is 4. The maximum absolute atomic E-state index is 10.9. The van der Waals surface area contributed by atoms with Gasteiger partial charge in [-0.1, -0.05) is 6.07 Å². The molecule has 0 aliphatic rings. The van der Waals surface area contributed by atoms with Crippen LogP contribution in [0.1, 0.15) is 15.4 Å². The van der Waals surface area contributed by atoms with Gasteiger partial charge in [-0.2, -0.15) is 0 Å². The highest BCUT2D eigenvalue weighted by atomic mass is 32.1. The van der Waals surface area contributed by atoms with Crippen LogP contribution in [0.4, 0.5) is 0 Å². The molecule has 0 unspecified atom stereocenters. The molecule has 0 bridgehead atoms. The lowest BCUT2D eigenvalue weighted by molar-refractivity contribution is 0.0702. The van der Waals surface area contributed by atoms with Crippen molar-refractivity contribution in [2.24, 2.45) is 0 Å². The molecule has 0 saturated carbocycles. The molecule has 100 valence electrons. The lowest BCUT2D eigenvalue weighted by Crippen LogP contribution is -1.96. The van der Waals surface area contributed by atoms with E-state index in [1.165, 1.54) is 11.3 Å². The van der Waals surface area contributed by atoms with E-state index in [0.29, 0.717) is 17.2 Å². The van der Waals surface area contributed by atoms with Crippen LogP contribution >= 0.6 is 11.3 Å².